The van der Waals surface area contributed by atoms with Gasteiger partial charge in [-0.15, -0.1) is 0 Å². The largest absolute Gasteiger partial charge is 0.343 e. The molecule has 2 heterocycles. The van der Waals surface area contributed by atoms with Crippen molar-refractivity contribution in [2.24, 2.45) is 0 Å². The fraction of sp³-hybridized carbons (Fsp3) is 0.600. The Labute approximate surface area is 89.1 Å². The molecule has 0 unspecified atom stereocenters. The van der Waals surface area contributed by atoms with E-state index in [0.29, 0.717) is 0 Å². The van der Waals surface area contributed by atoms with E-state index in [4.69, 9.17) is 0 Å². The summed E-state index contributed by atoms with van der Waals surface area (Å²) in [5.74, 6) is 0.997. The van der Waals surface area contributed by atoms with Gasteiger partial charge in [-0.3, -0.25) is 4.79 Å². The van der Waals surface area contributed by atoms with Crippen molar-refractivity contribution in [3.8, 4) is 0 Å². The van der Waals surface area contributed by atoms with E-state index in [-0.39, 0.29) is 5.91 Å². The van der Waals surface area contributed by atoms with Crippen LogP contribution < -0.4 is 5.32 Å². The first-order chi connectivity index (χ1) is 7.11. The van der Waals surface area contributed by atoms with Gasteiger partial charge in [-0.25, -0.2) is 4.98 Å². The number of hydrogen-bond acceptors (Lipinski definition) is 3. The quantitative estimate of drug-likeness (QED) is 0.706. The van der Waals surface area contributed by atoms with Crippen LogP contribution in [0.5, 0.6) is 0 Å². The van der Waals surface area contributed by atoms with Crippen molar-refractivity contribution in [1.29, 1.82) is 0 Å². The van der Waals surface area contributed by atoms with Crippen molar-refractivity contribution in [3.63, 3.8) is 0 Å². The maximum atomic E-state index is 11.9. The molecule has 0 atom stereocenters. The molecule has 82 valence electrons. The molecule has 0 aliphatic carbocycles. The summed E-state index contributed by atoms with van der Waals surface area (Å²) in [4.78, 5) is 17.9. The number of nitrogens with one attached hydrogen (secondary N) is 1. The molecule has 1 amide bonds. The number of fused-ring (bicyclic) bond motifs is 1. The van der Waals surface area contributed by atoms with Crippen molar-refractivity contribution >= 4 is 5.91 Å². The summed E-state index contributed by atoms with van der Waals surface area (Å²) in [7, 11) is 3.53. The van der Waals surface area contributed by atoms with E-state index in [9.17, 15) is 4.79 Å². The van der Waals surface area contributed by atoms with Gasteiger partial charge in [-0.05, 0) is 6.92 Å². The molecule has 0 bridgehead atoms. The number of rotatable bonds is 1. The molecule has 1 aromatic heterocycles. The second kappa shape index (κ2) is 3.66. The molecule has 5 nitrogen and oxygen atoms in total. The molecule has 0 fully saturated rings. The van der Waals surface area contributed by atoms with Gasteiger partial charge < -0.3 is 14.8 Å². The highest BCUT2D eigenvalue weighted by atomic mass is 16.2. The second-order valence-corrected chi connectivity index (χ2v) is 3.99. The van der Waals surface area contributed by atoms with Gasteiger partial charge in [0.25, 0.3) is 5.91 Å². The minimum atomic E-state index is 0.0353. The topological polar surface area (TPSA) is 50.2 Å². The molecule has 5 heteroatoms. The minimum Gasteiger partial charge on any atom is -0.343 e. The van der Waals surface area contributed by atoms with E-state index in [2.05, 4.69) is 10.3 Å². The Morgan fingerprint density at radius 3 is 2.93 bits per heavy atom. The van der Waals surface area contributed by atoms with E-state index < -0.39 is 0 Å². The van der Waals surface area contributed by atoms with Crippen LogP contribution >= 0.6 is 0 Å². The van der Waals surface area contributed by atoms with Crippen molar-refractivity contribution in [1.82, 2.24) is 19.8 Å². The summed E-state index contributed by atoms with van der Waals surface area (Å²) >= 11 is 0. The maximum Gasteiger partial charge on any atom is 0.271 e. The number of aryl methyl sites for hydroxylation is 1. The standard InChI is InChI=1S/C10H16N4O/c1-7-9(10(15)13(2)3)14-5-4-11-6-8(14)12-7/h11H,4-6H2,1-3H3. The van der Waals surface area contributed by atoms with E-state index >= 15 is 0 Å². The van der Waals surface area contributed by atoms with Gasteiger partial charge in [0.2, 0.25) is 0 Å². The molecular formula is C10H16N4O. The number of imidazole rings is 1. The highest BCUT2D eigenvalue weighted by molar-refractivity contribution is 5.93. The molecule has 2 rings (SSSR count). The van der Waals surface area contributed by atoms with Gasteiger partial charge >= 0.3 is 0 Å². The van der Waals surface area contributed by atoms with E-state index in [0.717, 1.165) is 36.8 Å². The van der Waals surface area contributed by atoms with Crippen molar-refractivity contribution in [2.45, 2.75) is 20.0 Å². The lowest BCUT2D eigenvalue weighted by atomic mass is 10.3. The first-order valence-corrected chi connectivity index (χ1v) is 5.09. The van der Waals surface area contributed by atoms with Gasteiger partial charge in [-0.1, -0.05) is 0 Å². The minimum absolute atomic E-state index is 0.0353. The molecule has 1 aromatic rings. The Hall–Kier alpha value is -1.36. The molecule has 1 aliphatic heterocycles. The van der Waals surface area contributed by atoms with Crippen LogP contribution in [0.2, 0.25) is 0 Å². The van der Waals surface area contributed by atoms with Gasteiger partial charge in [0.05, 0.1) is 12.2 Å². The predicted octanol–water partition coefficient (Wildman–Crippen LogP) is -0.00348. The molecule has 15 heavy (non-hydrogen) atoms. The smallest absolute Gasteiger partial charge is 0.271 e. The van der Waals surface area contributed by atoms with Gasteiger partial charge in [0, 0.05) is 27.2 Å². The summed E-state index contributed by atoms with van der Waals surface area (Å²) in [6.45, 7) is 4.37. The monoisotopic (exact) mass is 208 g/mol. The Balaban J connectivity index is 2.46. The Morgan fingerprint density at radius 2 is 2.27 bits per heavy atom. The number of amides is 1. The Bertz CT molecular complexity index is 394. The molecule has 0 saturated carbocycles. The third-order valence-corrected chi connectivity index (χ3v) is 2.63. The van der Waals surface area contributed by atoms with Crippen molar-refractivity contribution < 1.29 is 4.79 Å². The maximum absolute atomic E-state index is 11.9. The Kier molecular flexibility index (Phi) is 2.48. The molecular weight excluding hydrogens is 192 g/mol. The lowest BCUT2D eigenvalue weighted by Gasteiger charge is -2.18. The number of nitrogens with zero attached hydrogens (tertiary/aromatic N) is 3. The van der Waals surface area contributed by atoms with Crippen LogP contribution in [0.1, 0.15) is 22.0 Å². The number of carbonyl (C=O) groups excluding carboxylic acids is 1. The van der Waals surface area contributed by atoms with Crippen LogP contribution in [0.15, 0.2) is 0 Å². The van der Waals surface area contributed by atoms with Crippen LogP contribution in [0.25, 0.3) is 0 Å². The number of hydrogen-bond donors (Lipinski definition) is 1. The Morgan fingerprint density at radius 1 is 1.53 bits per heavy atom. The lowest BCUT2D eigenvalue weighted by Crippen LogP contribution is -2.32. The second-order valence-electron chi connectivity index (χ2n) is 3.99. The fourth-order valence-corrected chi connectivity index (χ4v) is 1.88. The first kappa shape index (κ1) is 10.2. The lowest BCUT2D eigenvalue weighted by molar-refractivity contribution is 0.0815. The van der Waals surface area contributed by atoms with E-state index in [1.165, 1.54) is 0 Å². The zero-order chi connectivity index (χ0) is 11.0. The molecule has 0 saturated heterocycles. The molecule has 1 aliphatic rings. The molecule has 1 N–H and O–H groups in total. The fourth-order valence-electron chi connectivity index (χ4n) is 1.88. The molecule has 0 spiro atoms. The van der Waals surface area contributed by atoms with E-state index in [1.54, 1.807) is 19.0 Å². The summed E-state index contributed by atoms with van der Waals surface area (Å²) in [6.07, 6.45) is 0. The highest BCUT2D eigenvalue weighted by Crippen LogP contribution is 2.15. The van der Waals surface area contributed by atoms with Crippen LogP contribution in [0.4, 0.5) is 0 Å². The zero-order valence-corrected chi connectivity index (χ0v) is 9.37. The van der Waals surface area contributed by atoms with Crippen molar-refractivity contribution in [2.75, 3.05) is 20.6 Å². The van der Waals surface area contributed by atoms with Crippen LogP contribution in [-0.2, 0) is 13.1 Å². The molecule has 0 radical (unpaired) electrons. The summed E-state index contributed by atoms with van der Waals surface area (Å²) < 4.78 is 2.02. The van der Waals surface area contributed by atoms with Gasteiger partial charge in [-0.2, -0.15) is 0 Å². The summed E-state index contributed by atoms with van der Waals surface area (Å²) in [6, 6.07) is 0. The SMILES string of the molecule is Cc1nc2n(c1C(=O)N(C)C)CCNC2. The van der Waals surface area contributed by atoms with Crippen molar-refractivity contribution in [3.05, 3.63) is 17.2 Å². The van der Waals surface area contributed by atoms with Crippen LogP contribution in [-0.4, -0.2) is 41.0 Å². The zero-order valence-electron chi connectivity index (χ0n) is 9.37. The predicted molar refractivity (Wildman–Crippen MR) is 56.7 cm³/mol. The third-order valence-electron chi connectivity index (χ3n) is 2.63. The number of carbonyl (C=O) groups is 1. The normalized spacial score (nSPS) is 14.9. The summed E-state index contributed by atoms with van der Waals surface area (Å²) in [5.41, 5.74) is 1.56. The average Bonchev–Trinajstić information content (AvgIpc) is 2.52. The highest BCUT2D eigenvalue weighted by Gasteiger charge is 2.23. The first-order valence-electron chi connectivity index (χ1n) is 5.09. The number of aromatic nitrogens is 2. The van der Waals surface area contributed by atoms with E-state index in [1.807, 2.05) is 11.5 Å². The van der Waals surface area contributed by atoms with Crippen LogP contribution in [0, 0.1) is 6.92 Å². The summed E-state index contributed by atoms with van der Waals surface area (Å²) in [5, 5.41) is 3.24. The van der Waals surface area contributed by atoms with Gasteiger partial charge in [0.15, 0.2) is 0 Å². The third kappa shape index (κ3) is 1.63. The average molecular weight is 208 g/mol. The molecule has 0 aromatic carbocycles. The van der Waals surface area contributed by atoms with Gasteiger partial charge in [0.1, 0.15) is 11.5 Å². The van der Waals surface area contributed by atoms with Crippen LogP contribution in [0.3, 0.4) is 0 Å².